The van der Waals surface area contributed by atoms with Crippen LogP contribution in [0.15, 0.2) is 36.8 Å². The van der Waals surface area contributed by atoms with Gasteiger partial charge >= 0.3 is 0 Å². The average molecular weight is 254 g/mol. The molecule has 18 heavy (non-hydrogen) atoms. The molecule has 0 aliphatic carbocycles. The Morgan fingerprint density at radius 2 is 2.00 bits per heavy atom. The van der Waals surface area contributed by atoms with Gasteiger partial charge in [-0.05, 0) is 31.4 Å². The third-order valence-corrected chi connectivity index (χ3v) is 2.62. The quantitative estimate of drug-likeness (QED) is 0.379. The van der Waals surface area contributed by atoms with Crippen molar-refractivity contribution in [2.75, 3.05) is 26.9 Å². The van der Waals surface area contributed by atoms with Crippen LogP contribution in [0.4, 0.5) is 0 Å². The van der Waals surface area contributed by atoms with Crippen molar-refractivity contribution in [3.63, 3.8) is 0 Å². The van der Waals surface area contributed by atoms with Crippen LogP contribution in [0.25, 0.3) is 0 Å². The van der Waals surface area contributed by atoms with Crippen molar-refractivity contribution in [1.82, 2.24) is 0 Å². The monoisotopic (exact) mass is 254 g/mol. The van der Waals surface area contributed by atoms with Gasteiger partial charge in [-0.1, -0.05) is 13.2 Å². The zero-order valence-electron chi connectivity index (χ0n) is 11.0. The molecule has 1 aliphatic heterocycles. The fraction of sp³-hybridized carbons (Fsp3) is 0.571. The lowest BCUT2D eigenvalue weighted by Gasteiger charge is -2.22. The summed E-state index contributed by atoms with van der Waals surface area (Å²) in [4.78, 5) is 0. The first-order chi connectivity index (χ1) is 8.81. The third-order valence-electron chi connectivity index (χ3n) is 2.62. The maximum absolute atomic E-state index is 5.55. The maximum atomic E-state index is 5.55. The molecule has 0 saturated carbocycles. The Bertz CT molecular complexity index is 290. The van der Waals surface area contributed by atoms with Gasteiger partial charge in [0.2, 0.25) is 0 Å². The minimum Gasteiger partial charge on any atom is -0.493 e. The summed E-state index contributed by atoms with van der Waals surface area (Å²) in [6.45, 7) is 9.01. The molecular formula is C14H22O4. The van der Waals surface area contributed by atoms with E-state index in [2.05, 4.69) is 13.2 Å². The molecule has 4 heteroatoms. The van der Waals surface area contributed by atoms with Crippen molar-refractivity contribution >= 4 is 0 Å². The van der Waals surface area contributed by atoms with Gasteiger partial charge in [-0.25, -0.2) is 0 Å². The lowest BCUT2D eigenvalue weighted by molar-refractivity contribution is -0.167. The summed E-state index contributed by atoms with van der Waals surface area (Å²) >= 11 is 0. The van der Waals surface area contributed by atoms with Crippen molar-refractivity contribution in [3.8, 4) is 0 Å². The summed E-state index contributed by atoms with van der Waals surface area (Å²) in [5.41, 5.74) is 0. The second kappa shape index (κ2) is 8.78. The fourth-order valence-electron chi connectivity index (χ4n) is 1.69. The number of methoxy groups -OCH3 is 1. The number of allylic oxidation sites excluding steroid dienone is 2. The molecule has 0 aromatic rings. The summed E-state index contributed by atoms with van der Waals surface area (Å²) in [7, 11) is 1.57. The van der Waals surface area contributed by atoms with E-state index in [4.69, 9.17) is 18.9 Å². The van der Waals surface area contributed by atoms with E-state index in [9.17, 15) is 0 Å². The topological polar surface area (TPSA) is 36.9 Å². The first-order valence-electron chi connectivity index (χ1n) is 6.21. The van der Waals surface area contributed by atoms with Gasteiger partial charge in [0.1, 0.15) is 6.61 Å². The molecule has 1 fully saturated rings. The fourth-order valence-corrected chi connectivity index (χ4v) is 1.69. The van der Waals surface area contributed by atoms with Crippen LogP contribution in [-0.4, -0.2) is 33.2 Å². The van der Waals surface area contributed by atoms with Crippen LogP contribution in [0, 0.1) is 0 Å². The molecule has 0 bridgehead atoms. The van der Waals surface area contributed by atoms with Crippen LogP contribution in [-0.2, 0) is 18.9 Å². The van der Waals surface area contributed by atoms with Crippen molar-refractivity contribution in [3.05, 3.63) is 36.8 Å². The Kier molecular flexibility index (Phi) is 7.22. The van der Waals surface area contributed by atoms with E-state index in [0.717, 1.165) is 25.9 Å². The van der Waals surface area contributed by atoms with Crippen LogP contribution < -0.4 is 0 Å². The van der Waals surface area contributed by atoms with Crippen LogP contribution in [0.1, 0.15) is 19.3 Å². The smallest absolute Gasteiger partial charge is 0.160 e. The minimum atomic E-state index is -0.0835. The second-order valence-electron chi connectivity index (χ2n) is 3.86. The predicted molar refractivity (Wildman–Crippen MR) is 69.9 cm³/mol. The highest BCUT2D eigenvalue weighted by Crippen LogP contribution is 2.14. The third kappa shape index (κ3) is 4.94. The van der Waals surface area contributed by atoms with E-state index in [1.165, 1.54) is 0 Å². The van der Waals surface area contributed by atoms with Crippen molar-refractivity contribution < 1.29 is 18.9 Å². The Balaban J connectivity index is 2.24. The van der Waals surface area contributed by atoms with Crippen molar-refractivity contribution in [2.45, 2.75) is 25.6 Å². The molecule has 0 aromatic carbocycles. The maximum Gasteiger partial charge on any atom is 0.160 e. The Hall–Kier alpha value is -1.26. The molecule has 4 nitrogen and oxygen atoms in total. The molecule has 0 N–H and O–H groups in total. The number of ether oxygens (including phenoxy) is 4. The predicted octanol–water partition coefficient (Wildman–Crippen LogP) is 2.78. The van der Waals surface area contributed by atoms with Gasteiger partial charge in [-0.3, -0.25) is 0 Å². The van der Waals surface area contributed by atoms with E-state index >= 15 is 0 Å². The largest absolute Gasteiger partial charge is 0.493 e. The van der Waals surface area contributed by atoms with Gasteiger partial charge in [0.15, 0.2) is 17.8 Å². The highest BCUT2D eigenvalue weighted by molar-refractivity contribution is 5.21. The Morgan fingerprint density at radius 3 is 2.56 bits per heavy atom. The molecule has 0 aromatic heterocycles. The van der Waals surface area contributed by atoms with E-state index in [1.54, 1.807) is 19.3 Å². The van der Waals surface area contributed by atoms with Crippen LogP contribution in [0.5, 0.6) is 0 Å². The lowest BCUT2D eigenvalue weighted by Crippen LogP contribution is -2.23. The highest BCUT2D eigenvalue weighted by atomic mass is 16.7. The van der Waals surface area contributed by atoms with Gasteiger partial charge < -0.3 is 18.9 Å². The molecule has 0 spiro atoms. The molecule has 0 radical (unpaired) electrons. The molecule has 1 atom stereocenters. The Labute approximate surface area is 109 Å². The zero-order valence-corrected chi connectivity index (χ0v) is 11.0. The van der Waals surface area contributed by atoms with E-state index in [1.807, 2.05) is 0 Å². The van der Waals surface area contributed by atoms with E-state index in [-0.39, 0.29) is 6.29 Å². The number of hydrogen-bond donors (Lipinski definition) is 0. The summed E-state index contributed by atoms with van der Waals surface area (Å²) in [6.07, 6.45) is 6.34. The van der Waals surface area contributed by atoms with E-state index < -0.39 is 0 Å². The first kappa shape index (κ1) is 14.8. The Morgan fingerprint density at radius 1 is 1.22 bits per heavy atom. The summed E-state index contributed by atoms with van der Waals surface area (Å²) < 4.78 is 21.6. The van der Waals surface area contributed by atoms with Crippen molar-refractivity contribution in [2.24, 2.45) is 0 Å². The number of rotatable bonds is 8. The molecule has 1 unspecified atom stereocenters. The van der Waals surface area contributed by atoms with Crippen LogP contribution >= 0.6 is 0 Å². The SMILES string of the molecule is C=CC(OC)=C(C=C)OCCOC1CCCCO1. The normalized spacial score (nSPS) is 20.8. The molecule has 1 heterocycles. The molecule has 1 saturated heterocycles. The van der Waals surface area contributed by atoms with Gasteiger partial charge in [0.05, 0.1) is 13.7 Å². The summed E-state index contributed by atoms with van der Waals surface area (Å²) in [5.74, 6) is 1.14. The van der Waals surface area contributed by atoms with Crippen LogP contribution in [0.3, 0.4) is 0 Å². The zero-order chi connectivity index (χ0) is 13.2. The molecule has 1 aliphatic rings. The standard InChI is InChI=1S/C14H22O4/c1-4-12(15-3)13(5-2)16-10-11-18-14-8-6-7-9-17-14/h4-5,14H,1-2,6-11H2,3H3. The van der Waals surface area contributed by atoms with E-state index in [0.29, 0.717) is 24.7 Å². The first-order valence-corrected chi connectivity index (χ1v) is 6.21. The number of hydrogen-bond acceptors (Lipinski definition) is 4. The molecule has 102 valence electrons. The minimum absolute atomic E-state index is 0.0835. The van der Waals surface area contributed by atoms with Gasteiger partial charge in [0, 0.05) is 6.61 Å². The molecular weight excluding hydrogens is 232 g/mol. The lowest BCUT2D eigenvalue weighted by atomic mass is 10.2. The second-order valence-corrected chi connectivity index (χ2v) is 3.86. The van der Waals surface area contributed by atoms with Crippen molar-refractivity contribution in [1.29, 1.82) is 0 Å². The molecule has 0 amide bonds. The van der Waals surface area contributed by atoms with Gasteiger partial charge in [-0.2, -0.15) is 0 Å². The summed E-state index contributed by atoms with van der Waals surface area (Å²) in [6, 6.07) is 0. The van der Waals surface area contributed by atoms with Crippen LogP contribution in [0.2, 0.25) is 0 Å². The van der Waals surface area contributed by atoms with Gasteiger partial charge in [0.25, 0.3) is 0 Å². The molecule has 1 rings (SSSR count). The average Bonchev–Trinajstić information content (AvgIpc) is 2.43. The summed E-state index contributed by atoms with van der Waals surface area (Å²) in [5, 5.41) is 0. The van der Waals surface area contributed by atoms with Gasteiger partial charge in [-0.15, -0.1) is 0 Å². The highest BCUT2D eigenvalue weighted by Gasteiger charge is 2.13.